The van der Waals surface area contributed by atoms with Gasteiger partial charge in [-0.25, -0.2) is 0 Å². The Labute approximate surface area is 55.5 Å². The SMILES string of the molecule is C[13c]1[13cH][13c](C)[13cH][13c](N)[13cH]1. The molecule has 1 heteroatoms. The van der Waals surface area contributed by atoms with Crippen LogP contribution in [-0.4, -0.2) is 0 Å². The lowest BCUT2D eigenvalue weighted by Crippen LogP contribution is -1.86. The Bertz CT molecular complexity index is 165. The molecule has 0 atom stereocenters. The molecule has 0 aromatic heterocycles. The molecule has 0 saturated heterocycles. The van der Waals surface area contributed by atoms with E-state index in [-0.39, 0.29) is 0 Å². The molecule has 0 aliphatic heterocycles. The average Bonchev–Trinajstić information content (AvgIpc) is 1.59. The fourth-order valence-corrected chi connectivity index (χ4v) is 1.01. The highest BCUT2D eigenvalue weighted by Gasteiger charge is 1.87. The Balaban J connectivity index is 3.17. The van der Waals surface area contributed by atoms with Crippen molar-refractivity contribution in [2.24, 2.45) is 0 Å². The van der Waals surface area contributed by atoms with Gasteiger partial charge in [0.05, 0.1) is 0 Å². The van der Waals surface area contributed by atoms with E-state index < -0.39 is 0 Å². The third-order valence-electron chi connectivity index (χ3n) is 1.24. The lowest BCUT2D eigenvalue weighted by atomic mass is 10.9. The minimum absolute atomic E-state index is 0.854. The minimum Gasteiger partial charge on any atom is -0.399 e. The van der Waals surface area contributed by atoms with E-state index in [1.807, 2.05) is 26.0 Å². The van der Waals surface area contributed by atoms with Crippen LogP contribution in [0.2, 0.25) is 0 Å². The van der Waals surface area contributed by atoms with E-state index in [2.05, 4.69) is 6.07 Å². The first-order valence-corrected chi connectivity index (χ1v) is 3.02. The Morgan fingerprint density at radius 3 is 1.78 bits per heavy atom. The van der Waals surface area contributed by atoms with Gasteiger partial charge in [-0.2, -0.15) is 0 Å². The second-order valence-corrected chi connectivity index (χ2v) is 2.42. The number of benzene rings is 1. The van der Waals surface area contributed by atoms with E-state index in [9.17, 15) is 0 Å². The molecule has 2 N–H and O–H groups in total. The highest BCUT2D eigenvalue weighted by atomic mass is 15.0. The lowest BCUT2D eigenvalue weighted by Gasteiger charge is -1.97. The normalized spacial score (nSPS) is 9.56. The van der Waals surface area contributed by atoms with Crippen LogP contribution in [0.3, 0.4) is 0 Å². The molecule has 0 spiro atoms. The Morgan fingerprint density at radius 1 is 1.00 bits per heavy atom. The third kappa shape index (κ3) is 1.46. The Hall–Kier alpha value is -0.980. The number of aryl methyl sites for hydroxylation is 2. The largest absolute Gasteiger partial charge is 0.399 e. The smallest absolute Gasteiger partial charge is 0.0319 e. The van der Waals surface area contributed by atoms with Crippen LogP contribution in [0.1, 0.15) is 11.1 Å². The first kappa shape index (κ1) is 6.14. The molecule has 1 aromatic carbocycles. The van der Waals surface area contributed by atoms with Crippen LogP contribution >= 0.6 is 0 Å². The van der Waals surface area contributed by atoms with Crippen molar-refractivity contribution in [3.8, 4) is 0 Å². The van der Waals surface area contributed by atoms with E-state index >= 15 is 0 Å². The van der Waals surface area contributed by atoms with Gasteiger partial charge in [0.25, 0.3) is 0 Å². The molecule has 0 amide bonds. The van der Waals surface area contributed by atoms with Crippen molar-refractivity contribution < 1.29 is 0 Å². The summed E-state index contributed by atoms with van der Waals surface area (Å²) in [5, 5.41) is 0. The molecule has 0 heterocycles. The molecular formula is C8H11N. The summed E-state index contributed by atoms with van der Waals surface area (Å²) < 4.78 is 0. The molecule has 48 valence electrons. The molecule has 0 radical (unpaired) electrons. The van der Waals surface area contributed by atoms with E-state index in [4.69, 9.17) is 5.73 Å². The van der Waals surface area contributed by atoms with Crippen molar-refractivity contribution >= 4 is 5.69 Å². The van der Waals surface area contributed by atoms with E-state index in [0.717, 1.165) is 5.69 Å². The zero-order valence-electron chi connectivity index (χ0n) is 5.81. The van der Waals surface area contributed by atoms with Crippen LogP contribution in [-0.2, 0) is 0 Å². The van der Waals surface area contributed by atoms with Crippen LogP contribution in [0.5, 0.6) is 0 Å². The van der Waals surface area contributed by atoms with Crippen molar-refractivity contribution in [3.05, 3.63) is 29.3 Å². The lowest BCUT2D eigenvalue weighted by molar-refractivity contribution is 1.39. The molecule has 1 rings (SSSR count). The Morgan fingerprint density at radius 2 is 1.44 bits per heavy atom. The molecule has 0 unspecified atom stereocenters. The van der Waals surface area contributed by atoms with Crippen molar-refractivity contribution in [3.63, 3.8) is 0 Å². The van der Waals surface area contributed by atoms with Gasteiger partial charge < -0.3 is 5.73 Å². The molecule has 1 nitrogen and oxygen atoms in total. The van der Waals surface area contributed by atoms with Crippen molar-refractivity contribution in [2.75, 3.05) is 5.73 Å². The van der Waals surface area contributed by atoms with Gasteiger partial charge >= 0.3 is 0 Å². The predicted octanol–water partition coefficient (Wildman–Crippen LogP) is 1.89. The second kappa shape index (κ2) is 2.09. The molecule has 1 aromatic rings. The summed E-state index contributed by atoms with van der Waals surface area (Å²) >= 11 is 0. The van der Waals surface area contributed by atoms with E-state index in [1.165, 1.54) is 11.1 Å². The zero-order valence-corrected chi connectivity index (χ0v) is 5.81. The first-order valence-electron chi connectivity index (χ1n) is 3.02. The van der Waals surface area contributed by atoms with E-state index in [1.54, 1.807) is 0 Å². The van der Waals surface area contributed by atoms with Crippen molar-refractivity contribution in [1.29, 1.82) is 0 Å². The highest BCUT2D eigenvalue weighted by Crippen LogP contribution is 2.08. The maximum atomic E-state index is 5.56. The fourth-order valence-electron chi connectivity index (χ4n) is 1.01. The summed E-state index contributed by atoms with van der Waals surface area (Å²) in [7, 11) is 0. The number of nitrogen functional groups attached to an aromatic ring is 1. The monoisotopic (exact) mass is 127 g/mol. The number of anilines is 1. The van der Waals surface area contributed by atoms with Gasteiger partial charge in [-0.05, 0) is 37.1 Å². The fraction of sp³-hybridized carbons (Fsp3) is 0.250. The quantitative estimate of drug-likeness (QED) is 0.529. The highest BCUT2D eigenvalue weighted by molar-refractivity contribution is 5.43. The summed E-state index contributed by atoms with van der Waals surface area (Å²) in [5.74, 6) is 0. The average molecular weight is 127 g/mol. The van der Waals surface area contributed by atoms with Gasteiger partial charge in [0, 0.05) is 5.69 Å². The van der Waals surface area contributed by atoms with Crippen molar-refractivity contribution in [2.45, 2.75) is 13.8 Å². The van der Waals surface area contributed by atoms with Crippen LogP contribution in [0.15, 0.2) is 18.2 Å². The third-order valence-corrected chi connectivity index (χ3v) is 1.24. The van der Waals surface area contributed by atoms with Gasteiger partial charge in [0.1, 0.15) is 0 Å². The molecule has 0 aliphatic rings. The number of hydrogen-bond donors (Lipinski definition) is 1. The Kier molecular flexibility index (Phi) is 1.43. The topological polar surface area (TPSA) is 26.0 Å². The standard InChI is InChI=1S/C8H11N/c1-6-3-7(2)5-8(9)4-6/h3-5H,9H2,1-2H3/i3+1,4+1,5+1,6+1,7+1,8+1. The summed E-state index contributed by atoms with van der Waals surface area (Å²) in [6.07, 6.45) is 0. The zero-order chi connectivity index (χ0) is 6.85. The van der Waals surface area contributed by atoms with Gasteiger partial charge in [-0.3, -0.25) is 0 Å². The van der Waals surface area contributed by atoms with Crippen LogP contribution in [0, 0.1) is 13.8 Å². The van der Waals surface area contributed by atoms with Gasteiger partial charge in [-0.15, -0.1) is 0 Å². The molecule has 9 heavy (non-hydrogen) atoms. The predicted molar refractivity (Wildman–Crippen MR) is 40.3 cm³/mol. The number of rotatable bonds is 0. The molecular weight excluding hydrogens is 116 g/mol. The molecule has 0 bridgehead atoms. The van der Waals surface area contributed by atoms with Crippen LogP contribution in [0.25, 0.3) is 0 Å². The summed E-state index contributed by atoms with van der Waals surface area (Å²) in [6.45, 7) is 4.09. The molecule has 0 saturated carbocycles. The summed E-state index contributed by atoms with van der Waals surface area (Å²) in [6, 6.07) is 6.04. The molecule has 0 fully saturated rings. The van der Waals surface area contributed by atoms with Gasteiger partial charge in [-0.1, -0.05) is 6.07 Å². The number of nitrogens with two attached hydrogens (primary N) is 1. The number of hydrogen-bond acceptors (Lipinski definition) is 1. The van der Waals surface area contributed by atoms with E-state index in [0.29, 0.717) is 0 Å². The van der Waals surface area contributed by atoms with Crippen LogP contribution < -0.4 is 5.73 Å². The first-order chi connectivity index (χ1) is 4.18. The second-order valence-electron chi connectivity index (χ2n) is 2.42. The van der Waals surface area contributed by atoms with Crippen LogP contribution in [0.4, 0.5) is 5.69 Å². The minimum atomic E-state index is 0.854. The maximum absolute atomic E-state index is 5.56. The maximum Gasteiger partial charge on any atom is 0.0319 e. The summed E-state index contributed by atoms with van der Waals surface area (Å²) in [5.41, 5.74) is 8.87. The summed E-state index contributed by atoms with van der Waals surface area (Å²) in [4.78, 5) is 0. The van der Waals surface area contributed by atoms with Gasteiger partial charge in [0.2, 0.25) is 0 Å². The molecule has 0 aliphatic carbocycles. The van der Waals surface area contributed by atoms with Gasteiger partial charge in [0.15, 0.2) is 0 Å². The van der Waals surface area contributed by atoms with Crippen molar-refractivity contribution in [1.82, 2.24) is 0 Å².